The highest BCUT2D eigenvalue weighted by Crippen LogP contribution is 2.36. The maximum Gasteiger partial charge on any atom is 0.189 e. The normalized spacial score (nSPS) is 16.2. The summed E-state index contributed by atoms with van der Waals surface area (Å²) in [6, 6.07) is 15.7. The van der Waals surface area contributed by atoms with E-state index in [1.54, 1.807) is 12.1 Å². The zero-order valence-corrected chi connectivity index (χ0v) is 16.9. The van der Waals surface area contributed by atoms with Gasteiger partial charge in [0.2, 0.25) is 0 Å². The summed E-state index contributed by atoms with van der Waals surface area (Å²) in [7, 11) is 0. The molecule has 3 aromatic rings. The highest BCUT2D eigenvalue weighted by atomic mass is 16.7. The second kappa shape index (κ2) is 9.53. The molecule has 154 valence electrons. The van der Waals surface area contributed by atoms with E-state index in [0.29, 0.717) is 30.2 Å². The van der Waals surface area contributed by atoms with Crippen molar-refractivity contribution < 1.29 is 14.2 Å². The SMILES string of the molecule is CCOCOc1cc(C#N)ccc1-c1nnc(N[C@@H]2CCCOC2)c2ccccc12. The van der Waals surface area contributed by atoms with E-state index in [1.807, 2.05) is 37.3 Å². The van der Waals surface area contributed by atoms with Crippen LogP contribution in [0, 0.1) is 11.3 Å². The van der Waals surface area contributed by atoms with Gasteiger partial charge in [0.25, 0.3) is 0 Å². The van der Waals surface area contributed by atoms with Crippen molar-refractivity contribution in [1.29, 1.82) is 5.26 Å². The molecule has 1 N–H and O–H groups in total. The van der Waals surface area contributed by atoms with E-state index in [4.69, 9.17) is 14.2 Å². The van der Waals surface area contributed by atoms with E-state index in [0.717, 1.165) is 41.6 Å². The van der Waals surface area contributed by atoms with Crippen LogP contribution >= 0.6 is 0 Å². The molecule has 0 unspecified atom stereocenters. The molecule has 0 saturated carbocycles. The molecule has 1 atom stereocenters. The van der Waals surface area contributed by atoms with E-state index in [2.05, 4.69) is 21.6 Å². The fraction of sp³-hybridized carbons (Fsp3) is 0.348. The second-order valence-corrected chi connectivity index (χ2v) is 7.08. The molecule has 2 heterocycles. The number of aromatic nitrogens is 2. The van der Waals surface area contributed by atoms with Gasteiger partial charge in [-0.1, -0.05) is 24.3 Å². The molecule has 7 nitrogen and oxygen atoms in total. The van der Waals surface area contributed by atoms with Gasteiger partial charge < -0.3 is 19.5 Å². The third kappa shape index (κ3) is 4.35. The zero-order chi connectivity index (χ0) is 20.8. The van der Waals surface area contributed by atoms with Crippen LogP contribution in [0.25, 0.3) is 22.0 Å². The van der Waals surface area contributed by atoms with Gasteiger partial charge in [0.05, 0.1) is 24.3 Å². The van der Waals surface area contributed by atoms with Crippen molar-refractivity contribution in [1.82, 2.24) is 10.2 Å². The number of anilines is 1. The van der Waals surface area contributed by atoms with Crippen molar-refractivity contribution in [3.63, 3.8) is 0 Å². The van der Waals surface area contributed by atoms with Crippen molar-refractivity contribution in [2.75, 3.05) is 31.9 Å². The third-order valence-corrected chi connectivity index (χ3v) is 5.06. The quantitative estimate of drug-likeness (QED) is 0.468. The number of fused-ring (bicyclic) bond motifs is 1. The molecular formula is C23H24N4O3. The predicted molar refractivity (Wildman–Crippen MR) is 114 cm³/mol. The summed E-state index contributed by atoms with van der Waals surface area (Å²) in [5.74, 6) is 1.29. The molecule has 1 saturated heterocycles. The molecular weight excluding hydrogens is 380 g/mol. The van der Waals surface area contributed by atoms with Gasteiger partial charge in [-0.05, 0) is 38.0 Å². The summed E-state index contributed by atoms with van der Waals surface area (Å²) in [6.07, 6.45) is 2.08. The largest absolute Gasteiger partial charge is 0.467 e. The number of nitrogens with zero attached hydrogens (tertiary/aromatic N) is 3. The number of nitrogens with one attached hydrogen (secondary N) is 1. The lowest BCUT2D eigenvalue weighted by Gasteiger charge is -2.24. The highest BCUT2D eigenvalue weighted by molar-refractivity contribution is 6.01. The van der Waals surface area contributed by atoms with Gasteiger partial charge in [0.1, 0.15) is 11.4 Å². The third-order valence-electron chi connectivity index (χ3n) is 5.06. The first-order chi connectivity index (χ1) is 14.8. The van der Waals surface area contributed by atoms with Crippen molar-refractivity contribution in [2.24, 2.45) is 0 Å². The average molecular weight is 404 g/mol. The fourth-order valence-corrected chi connectivity index (χ4v) is 3.55. The summed E-state index contributed by atoms with van der Waals surface area (Å²) >= 11 is 0. The molecule has 1 fully saturated rings. The Morgan fingerprint density at radius 2 is 2.07 bits per heavy atom. The van der Waals surface area contributed by atoms with Crippen LogP contribution in [0.3, 0.4) is 0 Å². The van der Waals surface area contributed by atoms with Crippen LogP contribution in [0.1, 0.15) is 25.3 Å². The molecule has 0 bridgehead atoms. The molecule has 0 amide bonds. The Labute approximate surface area is 175 Å². The molecule has 4 rings (SSSR count). The topological polar surface area (TPSA) is 89.3 Å². The number of benzene rings is 2. The molecule has 30 heavy (non-hydrogen) atoms. The van der Waals surface area contributed by atoms with E-state index in [1.165, 1.54) is 0 Å². The molecule has 0 aliphatic carbocycles. The first-order valence-corrected chi connectivity index (χ1v) is 10.1. The number of rotatable bonds is 7. The second-order valence-electron chi connectivity index (χ2n) is 7.08. The Morgan fingerprint density at radius 3 is 2.83 bits per heavy atom. The standard InChI is InChI=1S/C23H24N4O3/c1-2-28-15-30-21-12-16(13-24)9-10-20(21)22-18-7-3-4-8-19(18)23(27-26-22)25-17-6-5-11-29-14-17/h3-4,7-10,12,17H,2,5-6,11,14-15H2,1H3,(H,25,27)/t17-/m1/s1. The Morgan fingerprint density at radius 1 is 1.20 bits per heavy atom. The zero-order valence-electron chi connectivity index (χ0n) is 16.9. The summed E-state index contributed by atoms with van der Waals surface area (Å²) in [6.45, 7) is 4.03. The first-order valence-electron chi connectivity index (χ1n) is 10.1. The van der Waals surface area contributed by atoms with Crippen LogP contribution in [-0.2, 0) is 9.47 Å². The molecule has 2 aromatic carbocycles. The van der Waals surface area contributed by atoms with Crippen LogP contribution in [0.4, 0.5) is 5.82 Å². The molecule has 0 radical (unpaired) electrons. The van der Waals surface area contributed by atoms with Gasteiger partial charge in [-0.2, -0.15) is 5.26 Å². The van der Waals surface area contributed by atoms with Crippen molar-refractivity contribution in [3.05, 3.63) is 48.0 Å². The number of hydrogen-bond donors (Lipinski definition) is 1. The summed E-state index contributed by atoms with van der Waals surface area (Å²) in [5.41, 5.74) is 1.98. The number of hydrogen-bond acceptors (Lipinski definition) is 7. The average Bonchev–Trinajstić information content (AvgIpc) is 2.80. The van der Waals surface area contributed by atoms with Crippen LogP contribution in [0.2, 0.25) is 0 Å². The van der Waals surface area contributed by atoms with Gasteiger partial charge >= 0.3 is 0 Å². The monoisotopic (exact) mass is 404 g/mol. The number of nitriles is 1. The minimum atomic E-state index is 0.102. The lowest BCUT2D eigenvalue weighted by atomic mass is 10.0. The summed E-state index contributed by atoms with van der Waals surface area (Å²) in [5, 5.41) is 23.7. The molecule has 1 aliphatic heterocycles. The Bertz CT molecular complexity index is 1060. The summed E-state index contributed by atoms with van der Waals surface area (Å²) in [4.78, 5) is 0. The number of ether oxygens (including phenoxy) is 3. The predicted octanol–water partition coefficient (Wildman–Crippen LogP) is 4.13. The Balaban J connectivity index is 1.74. The van der Waals surface area contributed by atoms with Gasteiger partial charge in [-0.15, -0.1) is 10.2 Å². The van der Waals surface area contributed by atoms with Crippen molar-refractivity contribution in [3.8, 4) is 23.1 Å². The van der Waals surface area contributed by atoms with Crippen LogP contribution in [0.15, 0.2) is 42.5 Å². The lowest BCUT2D eigenvalue weighted by molar-refractivity contribution is 0.0227. The van der Waals surface area contributed by atoms with Gasteiger partial charge in [-0.25, -0.2) is 0 Å². The van der Waals surface area contributed by atoms with Gasteiger partial charge in [-0.3, -0.25) is 0 Å². The van der Waals surface area contributed by atoms with Crippen molar-refractivity contribution >= 4 is 16.6 Å². The van der Waals surface area contributed by atoms with E-state index < -0.39 is 0 Å². The first kappa shape index (κ1) is 20.1. The highest BCUT2D eigenvalue weighted by Gasteiger charge is 2.19. The minimum Gasteiger partial charge on any atom is -0.467 e. The molecule has 1 aromatic heterocycles. The van der Waals surface area contributed by atoms with E-state index in [-0.39, 0.29) is 12.8 Å². The molecule has 0 spiro atoms. The smallest absolute Gasteiger partial charge is 0.189 e. The minimum absolute atomic E-state index is 0.102. The van der Waals surface area contributed by atoms with Crippen LogP contribution in [-0.4, -0.2) is 42.9 Å². The maximum atomic E-state index is 9.28. The van der Waals surface area contributed by atoms with Gasteiger partial charge in [0, 0.05) is 29.5 Å². The Kier molecular flexibility index (Phi) is 6.38. The van der Waals surface area contributed by atoms with Gasteiger partial charge in [0.15, 0.2) is 12.6 Å². The molecule has 7 heteroatoms. The van der Waals surface area contributed by atoms with E-state index in [9.17, 15) is 5.26 Å². The fourth-order valence-electron chi connectivity index (χ4n) is 3.55. The van der Waals surface area contributed by atoms with Crippen LogP contribution in [0.5, 0.6) is 5.75 Å². The lowest BCUT2D eigenvalue weighted by Crippen LogP contribution is -2.30. The van der Waals surface area contributed by atoms with E-state index >= 15 is 0 Å². The van der Waals surface area contributed by atoms with Crippen molar-refractivity contribution in [2.45, 2.75) is 25.8 Å². The summed E-state index contributed by atoms with van der Waals surface area (Å²) < 4.78 is 16.7. The molecule has 1 aliphatic rings. The van der Waals surface area contributed by atoms with Crippen LogP contribution < -0.4 is 10.1 Å². The Hall–Kier alpha value is -3.21. The maximum absolute atomic E-state index is 9.28.